The van der Waals surface area contributed by atoms with Crippen molar-refractivity contribution in [1.82, 2.24) is 5.32 Å². The van der Waals surface area contributed by atoms with Crippen LogP contribution in [0.3, 0.4) is 0 Å². The zero-order valence-corrected chi connectivity index (χ0v) is 11.9. The molecule has 0 bridgehead atoms. The molecule has 0 atom stereocenters. The van der Waals surface area contributed by atoms with Gasteiger partial charge in [-0.05, 0) is 61.1 Å². The molecule has 21 heavy (non-hydrogen) atoms. The Kier molecular flexibility index (Phi) is 4.08. The van der Waals surface area contributed by atoms with E-state index in [9.17, 15) is 4.39 Å². The van der Waals surface area contributed by atoms with Crippen molar-refractivity contribution in [1.29, 1.82) is 0 Å². The number of aliphatic hydroxyl groups excluding tert-OH is 1. The lowest BCUT2D eigenvalue weighted by atomic mass is 10.0. The van der Waals surface area contributed by atoms with E-state index >= 15 is 0 Å². The summed E-state index contributed by atoms with van der Waals surface area (Å²) < 4.78 is 18.7. The summed E-state index contributed by atoms with van der Waals surface area (Å²) in [7, 11) is 0. The van der Waals surface area contributed by atoms with Crippen molar-refractivity contribution < 1.29 is 13.9 Å². The Hall–Kier alpha value is -1.65. The van der Waals surface area contributed by atoms with Gasteiger partial charge in [0, 0.05) is 18.7 Å². The van der Waals surface area contributed by atoms with Crippen LogP contribution < -0.4 is 5.32 Å². The molecule has 2 aromatic rings. The van der Waals surface area contributed by atoms with Crippen molar-refractivity contribution in [2.24, 2.45) is 5.41 Å². The fraction of sp³-hybridized carbons (Fsp3) is 0.412. The van der Waals surface area contributed by atoms with Gasteiger partial charge in [-0.1, -0.05) is 0 Å². The Balaban J connectivity index is 1.54. The van der Waals surface area contributed by atoms with Gasteiger partial charge in [-0.3, -0.25) is 0 Å². The molecule has 3 rings (SSSR count). The number of benzene rings is 1. The first-order chi connectivity index (χ1) is 10.2. The Labute approximate surface area is 123 Å². The summed E-state index contributed by atoms with van der Waals surface area (Å²) in [5.41, 5.74) is 1.18. The molecule has 1 aromatic heterocycles. The predicted octanol–water partition coefficient (Wildman–Crippen LogP) is 3.34. The van der Waals surface area contributed by atoms with Gasteiger partial charge in [-0.15, -0.1) is 0 Å². The van der Waals surface area contributed by atoms with Crippen LogP contribution >= 0.6 is 0 Å². The molecule has 0 saturated heterocycles. The molecule has 2 N–H and O–H groups in total. The quantitative estimate of drug-likeness (QED) is 0.821. The summed E-state index contributed by atoms with van der Waals surface area (Å²) in [5.74, 6) is 1.38. The molecule has 1 saturated carbocycles. The molecule has 0 spiro atoms. The minimum Gasteiger partial charge on any atom is -0.460 e. The van der Waals surface area contributed by atoms with E-state index in [1.54, 1.807) is 12.1 Å². The minimum absolute atomic E-state index is 0.245. The van der Waals surface area contributed by atoms with Crippen molar-refractivity contribution in [2.75, 3.05) is 13.2 Å². The summed E-state index contributed by atoms with van der Waals surface area (Å²) in [6.07, 6.45) is 3.26. The van der Waals surface area contributed by atoms with Crippen molar-refractivity contribution >= 4 is 0 Å². The normalized spacial score (nSPS) is 16.1. The van der Waals surface area contributed by atoms with Crippen LogP contribution in [0.1, 0.15) is 25.0 Å². The van der Waals surface area contributed by atoms with E-state index in [0.29, 0.717) is 12.0 Å². The Bertz CT molecular complexity index is 587. The number of rotatable bonds is 7. The van der Waals surface area contributed by atoms with Crippen LogP contribution in [0.5, 0.6) is 0 Å². The second-order valence-electron chi connectivity index (χ2n) is 5.85. The van der Waals surface area contributed by atoms with Gasteiger partial charge in [0.15, 0.2) is 0 Å². The molecule has 3 nitrogen and oxygen atoms in total. The second kappa shape index (κ2) is 6.00. The number of furan rings is 1. The topological polar surface area (TPSA) is 45.4 Å². The van der Waals surface area contributed by atoms with Crippen LogP contribution in [0.4, 0.5) is 4.39 Å². The molecule has 1 aliphatic rings. The molecule has 1 aromatic carbocycles. The maximum Gasteiger partial charge on any atom is 0.134 e. The molecule has 0 amide bonds. The average molecular weight is 289 g/mol. The smallest absolute Gasteiger partial charge is 0.134 e. The van der Waals surface area contributed by atoms with E-state index < -0.39 is 0 Å². The molecule has 0 radical (unpaired) electrons. The summed E-state index contributed by atoms with van der Waals surface area (Å²) in [6.45, 7) is 1.85. The highest BCUT2D eigenvalue weighted by Crippen LogP contribution is 2.47. The summed E-state index contributed by atoms with van der Waals surface area (Å²) in [6, 6.07) is 10.1. The lowest BCUT2D eigenvalue weighted by Crippen LogP contribution is -2.24. The van der Waals surface area contributed by atoms with Crippen molar-refractivity contribution in [3.05, 3.63) is 48.0 Å². The van der Waals surface area contributed by atoms with E-state index in [4.69, 9.17) is 9.52 Å². The van der Waals surface area contributed by atoms with E-state index in [-0.39, 0.29) is 12.4 Å². The fourth-order valence-electron chi connectivity index (χ4n) is 2.62. The van der Waals surface area contributed by atoms with Crippen molar-refractivity contribution in [3.8, 4) is 11.3 Å². The second-order valence-corrected chi connectivity index (χ2v) is 5.85. The van der Waals surface area contributed by atoms with Crippen LogP contribution in [0.2, 0.25) is 0 Å². The van der Waals surface area contributed by atoms with Crippen LogP contribution in [0, 0.1) is 11.2 Å². The van der Waals surface area contributed by atoms with Crippen LogP contribution in [0.15, 0.2) is 40.8 Å². The van der Waals surface area contributed by atoms with Gasteiger partial charge in [-0.2, -0.15) is 0 Å². The summed E-state index contributed by atoms with van der Waals surface area (Å²) in [5, 5.41) is 12.4. The number of halogens is 1. The van der Waals surface area contributed by atoms with Crippen LogP contribution in [0.25, 0.3) is 11.3 Å². The monoisotopic (exact) mass is 289 g/mol. The molecular weight excluding hydrogens is 269 g/mol. The van der Waals surface area contributed by atoms with Gasteiger partial charge in [0.05, 0.1) is 6.54 Å². The third-order valence-corrected chi connectivity index (χ3v) is 4.19. The highest BCUT2D eigenvalue weighted by molar-refractivity contribution is 5.57. The van der Waals surface area contributed by atoms with Gasteiger partial charge >= 0.3 is 0 Å². The zero-order valence-electron chi connectivity index (χ0n) is 11.9. The minimum atomic E-state index is -0.245. The third-order valence-electron chi connectivity index (χ3n) is 4.19. The maximum atomic E-state index is 12.9. The maximum absolute atomic E-state index is 12.9. The summed E-state index contributed by atoms with van der Waals surface area (Å²) >= 11 is 0. The first-order valence-corrected chi connectivity index (χ1v) is 7.37. The molecule has 0 unspecified atom stereocenters. The number of aliphatic hydroxyl groups is 1. The lowest BCUT2D eigenvalue weighted by molar-refractivity contribution is 0.244. The average Bonchev–Trinajstić information content (AvgIpc) is 3.08. The van der Waals surface area contributed by atoms with Gasteiger partial charge in [0.2, 0.25) is 0 Å². The lowest BCUT2D eigenvalue weighted by Gasteiger charge is -2.13. The highest BCUT2D eigenvalue weighted by Gasteiger charge is 2.41. The van der Waals surface area contributed by atoms with Crippen LogP contribution in [-0.4, -0.2) is 18.3 Å². The van der Waals surface area contributed by atoms with Crippen LogP contribution in [-0.2, 0) is 6.54 Å². The predicted molar refractivity (Wildman–Crippen MR) is 79.2 cm³/mol. The fourth-order valence-corrected chi connectivity index (χ4v) is 2.62. The first-order valence-electron chi connectivity index (χ1n) is 7.37. The number of hydrogen-bond acceptors (Lipinski definition) is 3. The van der Waals surface area contributed by atoms with Crippen molar-refractivity contribution in [3.63, 3.8) is 0 Å². The third kappa shape index (κ3) is 3.52. The Morgan fingerprint density at radius 1 is 1.14 bits per heavy atom. The molecule has 4 heteroatoms. The van der Waals surface area contributed by atoms with E-state index in [0.717, 1.165) is 30.0 Å². The molecule has 1 fully saturated rings. The molecule has 1 heterocycles. The van der Waals surface area contributed by atoms with E-state index in [2.05, 4.69) is 5.32 Å². The molecular formula is C17H20FNO2. The van der Waals surface area contributed by atoms with Gasteiger partial charge in [0.1, 0.15) is 17.3 Å². The standard InChI is InChI=1S/C17H20FNO2/c18-14-3-1-13(2-4-14)16-6-5-15(21-16)11-19-12-17(7-8-17)9-10-20/h1-6,19-20H,7-12H2. The molecule has 0 aliphatic heterocycles. The van der Waals surface area contributed by atoms with Gasteiger partial charge < -0.3 is 14.8 Å². The van der Waals surface area contributed by atoms with Gasteiger partial charge in [0.25, 0.3) is 0 Å². The Morgan fingerprint density at radius 3 is 2.57 bits per heavy atom. The first kappa shape index (κ1) is 14.3. The zero-order chi connectivity index (χ0) is 14.7. The van der Waals surface area contributed by atoms with Gasteiger partial charge in [-0.25, -0.2) is 4.39 Å². The number of hydrogen-bond donors (Lipinski definition) is 2. The SMILES string of the molecule is OCCC1(CNCc2ccc(-c3ccc(F)cc3)o2)CC1. The van der Waals surface area contributed by atoms with Crippen molar-refractivity contribution in [2.45, 2.75) is 25.8 Å². The highest BCUT2D eigenvalue weighted by atomic mass is 19.1. The molecule has 112 valence electrons. The summed E-state index contributed by atoms with van der Waals surface area (Å²) in [4.78, 5) is 0. The van der Waals surface area contributed by atoms with E-state index in [1.807, 2.05) is 12.1 Å². The van der Waals surface area contributed by atoms with E-state index in [1.165, 1.54) is 25.0 Å². The Morgan fingerprint density at radius 2 is 1.90 bits per heavy atom. The largest absolute Gasteiger partial charge is 0.460 e. The molecule has 1 aliphatic carbocycles. The number of nitrogens with one attached hydrogen (secondary N) is 1.